The fraction of sp³-hybridized carbons (Fsp3) is 0.548. The lowest BCUT2D eigenvalue weighted by atomic mass is 9.69. The van der Waals surface area contributed by atoms with Crippen molar-refractivity contribution in [1.29, 1.82) is 0 Å². The maximum absolute atomic E-state index is 14.8. The van der Waals surface area contributed by atoms with Crippen molar-refractivity contribution in [3.63, 3.8) is 0 Å². The van der Waals surface area contributed by atoms with Crippen LogP contribution in [0, 0.1) is 10.7 Å². The number of amides is 1. The van der Waals surface area contributed by atoms with E-state index in [0.29, 0.717) is 18.8 Å². The second-order valence-electron chi connectivity index (χ2n) is 11.9. The summed E-state index contributed by atoms with van der Waals surface area (Å²) in [6, 6.07) is 11.0. The number of nitroso groups, excluding NO2 is 1. The first-order chi connectivity index (χ1) is 18.6. The van der Waals surface area contributed by atoms with Gasteiger partial charge in [0.2, 0.25) is 0 Å². The third-order valence-corrected chi connectivity index (χ3v) is 8.19. The van der Waals surface area contributed by atoms with Gasteiger partial charge in [-0.3, -0.25) is 0 Å². The number of carbonyl (C=O) groups is 2. The zero-order chi connectivity index (χ0) is 28.2. The van der Waals surface area contributed by atoms with Gasteiger partial charge < -0.3 is 19.3 Å². The molecule has 0 aromatic heterocycles. The van der Waals surface area contributed by atoms with Crippen LogP contribution in [0.4, 0.5) is 20.6 Å². The lowest BCUT2D eigenvalue weighted by Gasteiger charge is -2.38. The minimum Gasteiger partial charge on any atom is -0.444 e. The molecular formula is C31H40FN3O4. The topological polar surface area (TPSA) is 79.3 Å². The molecule has 8 heteroatoms. The molecule has 210 valence electrons. The summed E-state index contributed by atoms with van der Waals surface area (Å²) in [7, 11) is 1.86. The summed E-state index contributed by atoms with van der Waals surface area (Å²) in [6.07, 6.45) is 7.00. The first-order valence-corrected chi connectivity index (χ1v) is 14.0. The number of aldehydes is 1. The molecule has 0 atom stereocenters. The second-order valence-corrected chi connectivity index (χ2v) is 11.9. The van der Waals surface area contributed by atoms with Gasteiger partial charge in [0.1, 0.15) is 24.2 Å². The number of rotatable bonds is 7. The predicted molar refractivity (Wildman–Crippen MR) is 151 cm³/mol. The molecule has 7 nitrogen and oxygen atoms in total. The Balaban J connectivity index is 1.69. The van der Waals surface area contributed by atoms with Crippen LogP contribution in [0.5, 0.6) is 0 Å². The van der Waals surface area contributed by atoms with Crippen LogP contribution in [0.2, 0.25) is 0 Å². The fourth-order valence-corrected chi connectivity index (χ4v) is 6.07. The number of piperidine rings is 1. The Kier molecular flexibility index (Phi) is 8.72. The highest BCUT2D eigenvalue weighted by atomic mass is 19.1. The molecule has 39 heavy (non-hydrogen) atoms. The average Bonchev–Trinajstić information content (AvgIpc) is 2.93. The standard InChI is InChI=1S/C31H40FN3O4/c1-30(2,3)39-29(37)35-17-13-22(14-18-35)23-11-12-25(31(21-36)15-6-5-7-16-31)28(19-23)34(4)27-10-8-9-26(32)24(27)20-33-38/h8-12,19,21-22H,5-7,13-18,20H2,1-4H3. The molecule has 0 unspecified atom stereocenters. The fourth-order valence-electron chi connectivity index (χ4n) is 6.07. The molecule has 0 N–H and O–H groups in total. The van der Waals surface area contributed by atoms with Gasteiger partial charge in [0.25, 0.3) is 0 Å². The van der Waals surface area contributed by atoms with E-state index in [9.17, 15) is 18.9 Å². The summed E-state index contributed by atoms with van der Waals surface area (Å²) in [6.45, 7) is 6.53. The number of hydrogen-bond donors (Lipinski definition) is 0. The van der Waals surface area contributed by atoms with Crippen LogP contribution < -0.4 is 4.90 Å². The molecule has 1 amide bonds. The minimum absolute atomic E-state index is 0.229. The predicted octanol–water partition coefficient (Wildman–Crippen LogP) is 7.38. The number of halogens is 1. The summed E-state index contributed by atoms with van der Waals surface area (Å²) in [5.41, 5.74) is 2.55. The van der Waals surface area contributed by atoms with Crippen LogP contribution in [0.1, 0.15) is 88.3 Å². The first-order valence-electron chi connectivity index (χ1n) is 14.0. The van der Waals surface area contributed by atoms with Gasteiger partial charge >= 0.3 is 6.09 Å². The van der Waals surface area contributed by atoms with Crippen LogP contribution >= 0.6 is 0 Å². The molecular weight excluding hydrogens is 497 g/mol. The zero-order valence-electron chi connectivity index (χ0n) is 23.5. The Labute approximate surface area is 230 Å². The Hall–Kier alpha value is -3.29. The van der Waals surface area contributed by atoms with Gasteiger partial charge in [-0.1, -0.05) is 42.6 Å². The van der Waals surface area contributed by atoms with E-state index in [1.807, 2.05) is 32.7 Å². The van der Waals surface area contributed by atoms with Crippen LogP contribution in [0.15, 0.2) is 41.6 Å². The Bertz CT molecular complexity index is 1190. The Morgan fingerprint density at radius 1 is 1.13 bits per heavy atom. The molecule has 1 saturated heterocycles. The molecule has 1 aliphatic heterocycles. The zero-order valence-corrected chi connectivity index (χ0v) is 23.5. The van der Waals surface area contributed by atoms with Crippen molar-refractivity contribution < 1.29 is 18.7 Å². The van der Waals surface area contributed by atoms with E-state index in [1.54, 1.807) is 17.0 Å². The number of nitrogens with zero attached hydrogens (tertiary/aromatic N) is 3. The lowest BCUT2D eigenvalue weighted by molar-refractivity contribution is -0.113. The van der Waals surface area contributed by atoms with Crippen molar-refractivity contribution in [2.24, 2.45) is 5.18 Å². The van der Waals surface area contributed by atoms with Gasteiger partial charge in [-0.25, -0.2) is 9.18 Å². The van der Waals surface area contributed by atoms with E-state index in [1.165, 1.54) is 6.07 Å². The first kappa shape index (κ1) is 28.7. The second kappa shape index (κ2) is 11.8. The van der Waals surface area contributed by atoms with E-state index < -0.39 is 16.8 Å². The van der Waals surface area contributed by atoms with E-state index in [0.717, 1.165) is 68.0 Å². The van der Waals surface area contributed by atoms with Gasteiger partial charge in [0.15, 0.2) is 0 Å². The Morgan fingerprint density at radius 2 is 1.82 bits per heavy atom. The van der Waals surface area contributed by atoms with E-state index >= 15 is 0 Å². The maximum Gasteiger partial charge on any atom is 0.410 e. The molecule has 0 radical (unpaired) electrons. The highest BCUT2D eigenvalue weighted by Gasteiger charge is 2.37. The SMILES string of the molecule is CN(c1cc(C2CCN(C(=O)OC(C)(C)C)CC2)ccc1C1(C=O)CCCCC1)c1cccc(F)c1CN=O. The van der Waals surface area contributed by atoms with E-state index in [4.69, 9.17) is 4.74 Å². The van der Waals surface area contributed by atoms with Gasteiger partial charge in [-0.05, 0) is 81.7 Å². The largest absolute Gasteiger partial charge is 0.444 e. The van der Waals surface area contributed by atoms with Gasteiger partial charge in [-0.15, -0.1) is 0 Å². The summed E-state index contributed by atoms with van der Waals surface area (Å²) >= 11 is 0. The molecule has 1 saturated carbocycles. The number of ether oxygens (including phenoxy) is 1. The normalized spacial score (nSPS) is 17.9. The third-order valence-electron chi connectivity index (χ3n) is 8.19. The summed E-state index contributed by atoms with van der Waals surface area (Å²) < 4.78 is 20.3. The molecule has 1 heterocycles. The quantitative estimate of drug-likeness (QED) is 0.272. The van der Waals surface area contributed by atoms with Crippen LogP contribution in [0.3, 0.4) is 0 Å². The molecule has 2 aromatic rings. The van der Waals surface area contributed by atoms with Crippen molar-refractivity contribution in [2.45, 2.75) is 89.2 Å². The molecule has 2 aliphatic rings. The van der Waals surface area contributed by atoms with Crippen molar-refractivity contribution in [3.05, 3.63) is 63.8 Å². The van der Waals surface area contributed by atoms with Crippen molar-refractivity contribution in [1.82, 2.24) is 4.90 Å². The molecule has 2 aromatic carbocycles. The number of likely N-dealkylation sites (tertiary alicyclic amines) is 1. The van der Waals surface area contributed by atoms with Gasteiger partial charge in [0.05, 0.1) is 5.41 Å². The number of carbonyl (C=O) groups excluding carboxylic acids is 2. The number of benzene rings is 2. The van der Waals surface area contributed by atoms with Gasteiger partial charge in [0, 0.05) is 37.1 Å². The Morgan fingerprint density at radius 3 is 2.44 bits per heavy atom. The number of hydrogen-bond acceptors (Lipinski definition) is 6. The number of anilines is 2. The molecule has 1 aliphatic carbocycles. The third kappa shape index (κ3) is 6.31. The van der Waals surface area contributed by atoms with Crippen molar-refractivity contribution >= 4 is 23.8 Å². The van der Waals surface area contributed by atoms with Crippen LogP contribution in [0.25, 0.3) is 0 Å². The highest BCUT2D eigenvalue weighted by molar-refractivity contribution is 5.78. The average molecular weight is 538 g/mol. The monoisotopic (exact) mass is 537 g/mol. The summed E-state index contributed by atoms with van der Waals surface area (Å²) in [5, 5.41) is 2.96. The van der Waals surface area contributed by atoms with E-state index in [-0.39, 0.29) is 24.1 Å². The van der Waals surface area contributed by atoms with Crippen molar-refractivity contribution in [2.75, 3.05) is 25.0 Å². The summed E-state index contributed by atoms with van der Waals surface area (Å²) in [4.78, 5) is 40.0. The lowest BCUT2D eigenvalue weighted by Crippen LogP contribution is -2.41. The molecule has 4 rings (SSSR count). The van der Waals surface area contributed by atoms with Crippen LogP contribution in [-0.2, 0) is 21.5 Å². The van der Waals surface area contributed by atoms with Crippen LogP contribution in [-0.4, -0.2) is 43.0 Å². The molecule has 0 bridgehead atoms. The smallest absolute Gasteiger partial charge is 0.410 e. The molecule has 2 fully saturated rings. The van der Waals surface area contributed by atoms with Gasteiger partial charge in [-0.2, -0.15) is 4.91 Å². The molecule has 0 spiro atoms. The minimum atomic E-state index is -0.600. The highest BCUT2D eigenvalue weighted by Crippen LogP contribution is 2.45. The van der Waals surface area contributed by atoms with Crippen molar-refractivity contribution in [3.8, 4) is 0 Å². The summed E-state index contributed by atoms with van der Waals surface area (Å²) in [5.74, 6) is -0.249. The van der Waals surface area contributed by atoms with E-state index in [2.05, 4.69) is 23.4 Å². The maximum atomic E-state index is 14.8.